The van der Waals surface area contributed by atoms with E-state index in [1.165, 1.54) is 6.07 Å². The van der Waals surface area contributed by atoms with Crippen molar-refractivity contribution in [3.05, 3.63) is 23.8 Å². The lowest BCUT2D eigenvalue weighted by Gasteiger charge is -2.20. The average Bonchev–Trinajstić information content (AvgIpc) is 2.33. The second kappa shape index (κ2) is 7.06. The van der Waals surface area contributed by atoms with Crippen molar-refractivity contribution in [1.82, 2.24) is 9.62 Å². The van der Waals surface area contributed by atoms with Crippen LogP contribution in [0, 0.1) is 6.92 Å². The van der Waals surface area contributed by atoms with Gasteiger partial charge in [-0.15, -0.1) is 0 Å². The standard InChI is InChI=1S/C14H25N3O2S/c1-11(2)17(4)7-5-6-16-20(18,19)14-9-12(3)8-13(15)10-14/h8-11,16H,5-7,15H2,1-4H3. The quantitative estimate of drug-likeness (QED) is 0.592. The molecule has 1 aromatic carbocycles. The molecular formula is C14H25N3O2S. The van der Waals surface area contributed by atoms with E-state index in [0.29, 0.717) is 18.3 Å². The van der Waals surface area contributed by atoms with Gasteiger partial charge in [0, 0.05) is 18.3 Å². The molecule has 0 saturated heterocycles. The average molecular weight is 299 g/mol. The maximum atomic E-state index is 12.1. The van der Waals surface area contributed by atoms with Crippen LogP contribution in [-0.2, 0) is 10.0 Å². The number of aryl methyl sites for hydroxylation is 1. The molecule has 114 valence electrons. The number of hydrogen-bond donors (Lipinski definition) is 2. The number of sulfonamides is 1. The van der Waals surface area contributed by atoms with E-state index < -0.39 is 10.0 Å². The monoisotopic (exact) mass is 299 g/mol. The molecule has 0 atom stereocenters. The smallest absolute Gasteiger partial charge is 0.240 e. The molecule has 0 unspecified atom stereocenters. The molecule has 3 N–H and O–H groups in total. The molecule has 0 spiro atoms. The lowest BCUT2D eigenvalue weighted by Crippen LogP contribution is -2.31. The van der Waals surface area contributed by atoms with Gasteiger partial charge >= 0.3 is 0 Å². The van der Waals surface area contributed by atoms with Crippen molar-refractivity contribution in [2.75, 3.05) is 25.9 Å². The first-order chi connectivity index (χ1) is 9.22. The molecule has 0 fully saturated rings. The van der Waals surface area contributed by atoms with E-state index >= 15 is 0 Å². The van der Waals surface area contributed by atoms with E-state index in [4.69, 9.17) is 5.73 Å². The van der Waals surface area contributed by atoms with Crippen molar-refractivity contribution in [1.29, 1.82) is 0 Å². The van der Waals surface area contributed by atoms with Gasteiger partial charge in [0.15, 0.2) is 0 Å². The molecule has 0 aliphatic carbocycles. The lowest BCUT2D eigenvalue weighted by atomic mass is 10.2. The number of nitrogens with zero attached hydrogens (tertiary/aromatic N) is 1. The van der Waals surface area contributed by atoms with Crippen molar-refractivity contribution in [3.8, 4) is 0 Å². The van der Waals surface area contributed by atoms with Crippen molar-refractivity contribution < 1.29 is 8.42 Å². The normalized spacial score (nSPS) is 12.3. The number of nitrogen functional groups attached to an aromatic ring is 1. The number of anilines is 1. The van der Waals surface area contributed by atoms with Crippen LogP contribution in [0.25, 0.3) is 0 Å². The molecule has 0 aliphatic rings. The molecule has 0 saturated carbocycles. The second-order valence-corrected chi connectivity index (χ2v) is 7.17. The molecular weight excluding hydrogens is 274 g/mol. The van der Waals surface area contributed by atoms with Crippen LogP contribution in [0.3, 0.4) is 0 Å². The van der Waals surface area contributed by atoms with Crippen molar-refractivity contribution in [3.63, 3.8) is 0 Å². The van der Waals surface area contributed by atoms with Crippen LogP contribution in [0.2, 0.25) is 0 Å². The van der Waals surface area contributed by atoms with Crippen LogP contribution < -0.4 is 10.5 Å². The molecule has 0 amide bonds. The number of benzene rings is 1. The Morgan fingerprint density at radius 3 is 2.50 bits per heavy atom. The van der Waals surface area contributed by atoms with E-state index in [0.717, 1.165) is 18.5 Å². The first kappa shape index (κ1) is 16.9. The zero-order valence-corrected chi connectivity index (χ0v) is 13.5. The van der Waals surface area contributed by atoms with Gasteiger partial charge in [0.05, 0.1) is 4.90 Å². The van der Waals surface area contributed by atoms with Crippen LogP contribution in [0.5, 0.6) is 0 Å². The fourth-order valence-corrected chi connectivity index (χ4v) is 3.02. The molecule has 0 bridgehead atoms. The van der Waals surface area contributed by atoms with Crippen LogP contribution in [0.15, 0.2) is 23.1 Å². The number of rotatable bonds is 7. The van der Waals surface area contributed by atoms with Crippen molar-refractivity contribution in [2.45, 2.75) is 38.1 Å². The summed E-state index contributed by atoms with van der Waals surface area (Å²) in [7, 11) is -1.44. The zero-order valence-electron chi connectivity index (χ0n) is 12.7. The van der Waals surface area contributed by atoms with Gasteiger partial charge in [0.25, 0.3) is 0 Å². The van der Waals surface area contributed by atoms with Gasteiger partial charge in [0.2, 0.25) is 10.0 Å². The van der Waals surface area contributed by atoms with Crippen molar-refractivity contribution >= 4 is 15.7 Å². The third kappa shape index (κ3) is 5.11. The Labute approximate surface area is 122 Å². The van der Waals surface area contributed by atoms with Gasteiger partial charge in [-0.05, 0) is 64.5 Å². The van der Waals surface area contributed by atoms with Crippen LogP contribution >= 0.6 is 0 Å². The van der Waals surface area contributed by atoms with E-state index in [-0.39, 0.29) is 4.90 Å². The number of nitrogens with two attached hydrogens (primary N) is 1. The number of nitrogens with one attached hydrogen (secondary N) is 1. The topological polar surface area (TPSA) is 75.4 Å². The maximum absolute atomic E-state index is 12.1. The van der Waals surface area contributed by atoms with Gasteiger partial charge in [0.1, 0.15) is 0 Å². The highest BCUT2D eigenvalue weighted by Crippen LogP contribution is 2.15. The minimum atomic E-state index is -3.47. The summed E-state index contributed by atoms with van der Waals surface area (Å²) >= 11 is 0. The highest BCUT2D eigenvalue weighted by molar-refractivity contribution is 7.89. The van der Waals surface area contributed by atoms with Gasteiger partial charge in [-0.25, -0.2) is 13.1 Å². The first-order valence-corrected chi connectivity index (χ1v) is 8.28. The number of hydrogen-bond acceptors (Lipinski definition) is 4. The second-order valence-electron chi connectivity index (χ2n) is 5.41. The Balaban J connectivity index is 2.58. The lowest BCUT2D eigenvalue weighted by molar-refractivity contribution is 0.271. The van der Waals surface area contributed by atoms with Crippen LogP contribution in [0.1, 0.15) is 25.8 Å². The summed E-state index contributed by atoms with van der Waals surface area (Å²) in [6.07, 6.45) is 0.773. The summed E-state index contributed by atoms with van der Waals surface area (Å²) in [5.74, 6) is 0. The summed E-state index contributed by atoms with van der Waals surface area (Å²) in [4.78, 5) is 2.41. The van der Waals surface area contributed by atoms with Gasteiger partial charge in [-0.3, -0.25) is 0 Å². The predicted molar refractivity (Wildman–Crippen MR) is 83.2 cm³/mol. The van der Waals surface area contributed by atoms with E-state index in [9.17, 15) is 8.42 Å². The summed E-state index contributed by atoms with van der Waals surface area (Å²) in [6.45, 7) is 7.33. The van der Waals surface area contributed by atoms with E-state index in [1.807, 2.05) is 14.0 Å². The molecule has 1 rings (SSSR count). The fraction of sp³-hybridized carbons (Fsp3) is 0.571. The molecule has 5 nitrogen and oxygen atoms in total. The van der Waals surface area contributed by atoms with Crippen LogP contribution in [-0.4, -0.2) is 39.5 Å². The molecule has 1 aromatic rings. The van der Waals surface area contributed by atoms with Gasteiger partial charge in [-0.2, -0.15) is 0 Å². The van der Waals surface area contributed by atoms with Crippen LogP contribution in [0.4, 0.5) is 5.69 Å². The minimum Gasteiger partial charge on any atom is -0.399 e. The third-order valence-corrected chi connectivity index (χ3v) is 4.69. The maximum Gasteiger partial charge on any atom is 0.240 e. The highest BCUT2D eigenvalue weighted by atomic mass is 32.2. The van der Waals surface area contributed by atoms with E-state index in [2.05, 4.69) is 23.5 Å². The Hall–Kier alpha value is -1.11. The van der Waals surface area contributed by atoms with Gasteiger partial charge < -0.3 is 10.6 Å². The molecule has 6 heteroatoms. The third-order valence-electron chi connectivity index (χ3n) is 3.24. The molecule has 20 heavy (non-hydrogen) atoms. The van der Waals surface area contributed by atoms with Gasteiger partial charge in [-0.1, -0.05) is 0 Å². The van der Waals surface area contributed by atoms with E-state index in [1.54, 1.807) is 12.1 Å². The largest absolute Gasteiger partial charge is 0.399 e. The molecule has 0 heterocycles. The minimum absolute atomic E-state index is 0.229. The Bertz CT molecular complexity index is 521. The molecule has 0 aliphatic heterocycles. The van der Waals surface area contributed by atoms with Crippen molar-refractivity contribution in [2.24, 2.45) is 0 Å². The highest BCUT2D eigenvalue weighted by Gasteiger charge is 2.14. The molecule has 0 aromatic heterocycles. The Morgan fingerprint density at radius 1 is 1.30 bits per heavy atom. The summed E-state index contributed by atoms with van der Waals surface area (Å²) < 4.78 is 26.9. The SMILES string of the molecule is Cc1cc(N)cc(S(=O)(=O)NCCCN(C)C(C)C)c1. The zero-order chi connectivity index (χ0) is 15.3. The molecule has 0 radical (unpaired) electrons. The predicted octanol–water partition coefficient (Wildman–Crippen LogP) is 1.59. The summed E-state index contributed by atoms with van der Waals surface area (Å²) in [6, 6.07) is 5.31. The fourth-order valence-electron chi connectivity index (χ4n) is 1.81. The summed E-state index contributed by atoms with van der Waals surface area (Å²) in [5.41, 5.74) is 6.99. The Kier molecular flexibility index (Phi) is 5.98. The Morgan fingerprint density at radius 2 is 1.95 bits per heavy atom. The first-order valence-electron chi connectivity index (χ1n) is 6.79. The summed E-state index contributed by atoms with van der Waals surface area (Å²) in [5, 5.41) is 0.